The molecule has 0 aromatic heterocycles. The number of nitrogens with two attached hydrogens (primary N) is 1. The molecule has 1 aliphatic rings. The third-order valence-corrected chi connectivity index (χ3v) is 4.18. The van der Waals surface area contributed by atoms with Crippen LogP contribution in [0.1, 0.15) is 37.7 Å². The molecule has 2 rings (SSSR count). The predicted octanol–water partition coefficient (Wildman–Crippen LogP) is 3.53. The van der Waals surface area contributed by atoms with Crippen LogP contribution >= 0.6 is 11.8 Å². The van der Waals surface area contributed by atoms with Gasteiger partial charge in [0.25, 0.3) is 0 Å². The minimum atomic E-state index is -0.0577. The maximum absolute atomic E-state index is 6.54. The fourth-order valence-corrected chi connectivity index (χ4v) is 3.21. The molecule has 2 N–H and O–H groups in total. The lowest BCUT2D eigenvalue weighted by Gasteiger charge is -2.35. The first kappa shape index (κ1) is 11.0. The molecular weight excluding hydrogens is 202 g/mol. The Morgan fingerprint density at radius 2 is 1.80 bits per heavy atom. The first-order chi connectivity index (χ1) is 7.26. The zero-order valence-corrected chi connectivity index (χ0v) is 10.1. The van der Waals surface area contributed by atoms with Gasteiger partial charge in [-0.25, -0.2) is 0 Å². The van der Waals surface area contributed by atoms with Crippen LogP contribution in [-0.4, -0.2) is 6.26 Å². The number of benzene rings is 1. The summed E-state index contributed by atoms with van der Waals surface area (Å²) in [6.07, 6.45) is 8.32. The first-order valence-corrected chi connectivity index (χ1v) is 6.91. The zero-order valence-electron chi connectivity index (χ0n) is 9.33. The molecule has 82 valence electrons. The van der Waals surface area contributed by atoms with Gasteiger partial charge in [-0.15, -0.1) is 11.8 Å². The highest BCUT2D eigenvalue weighted by Crippen LogP contribution is 2.38. The highest BCUT2D eigenvalue weighted by atomic mass is 32.2. The van der Waals surface area contributed by atoms with Crippen molar-refractivity contribution in [2.45, 2.75) is 42.5 Å². The van der Waals surface area contributed by atoms with Crippen LogP contribution in [0.4, 0.5) is 0 Å². The van der Waals surface area contributed by atoms with Crippen molar-refractivity contribution in [1.29, 1.82) is 0 Å². The molecular formula is C13H19NS. The van der Waals surface area contributed by atoms with Gasteiger partial charge in [0.2, 0.25) is 0 Å². The zero-order chi connectivity index (χ0) is 10.7. The average molecular weight is 221 g/mol. The van der Waals surface area contributed by atoms with Gasteiger partial charge in [-0.1, -0.05) is 37.5 Å². The predicted molar refractivity (Wildman–Crippen MR) is 67.2 cm³/mol. The smallest absolute Gasteiger partial charge is 0.0420 e. The second kappa shape index (κ2) is 4.58. The van der Waals surface area contributed by atoms with Gasteiger partial charge in [-0.05, 0) is 30.7 Å². The molecule has 2 heteroatoms. The first-order valence-electron chi connectivity index (χ1n) is 5.69. The SMILES string of the molecule is CSc1ccccc1C1(N)CCCCC1. The minimum Gasteiger partial charge on any atom is -0.321 e. The monoisotopic (exact) mass is 221 g/mol. The summed E-state index contributed by atoms with van der Waals surface area (Å²) < 4.78 is 0. The largest absolute Gasteiger partial charge is 0.321 e. The molecule has 1 nitrogen and oxygen atoms in total. The van der Waals surface area contributed by atoms with Crippen molar-refractivity contribution in [3.8, 4) is 0 Å². The molecule has 1 aromatic carbocycles. The highest BCUT2D eigenvalue weighted by Gasteiger charge is 2.30. The molecule has 0 spiro atoms. The maximum atomic E-state index is 6.54. The van der Waals surface area contributed by atoms with Gasteiger partial charge in [0, 0.05) is 10.4 Å². The van der Waals surface area contributed by atoms with E-state index in [1.807, 2.05) is 11.8 Å². The van der Waals surface area contributed by atoms with Crippen LogP contribution in [0.25, 0.3) is 0 Å². The van der Waals surface area contributed by atoms with Crippen molar-refractivity contribution in [1.82, 2.24) is 0 Å². The van der Waals surface area contributed by atoms with E-state index in [1.165, 1.54) is 29.7 Å². The lowest BCUT2D eigenvalue weighted by molar-refractivity contribution is 0.298. The quantitative estimate of drug-likeness (QED) is 0.773. The van der Waals surface area contributed by atoms with Gasteiger partial charge in [-0.3, -0.25) is 0 Å². The molecule has 1 aliphatic carbocycles. The fourth-order valence-electron chi connectivity index (χ4n) is 2.51. The Bertz CT molecular complexity index is 329. The van der Waals surface area contributed by atoms with Crippen molar-refractivity contribution < 1.29 is 0 Å². The van der Waals surface area contributed by atoms with E-state index in [1.54, 1.807) is 0 Å². The van der Waals surface area contributed by atoms with Crippen LogP contribution in [0, 0.1) is 0 Å². The van der Waals surface area contributed by atoms with Crippen molar-refractivity contribution in [2.75, 3.05) is 6.26 Å². The summed E-state index contributed by atoms with van der Waals surface area (Å²) in [5.41, 5.74) is 7.84. The average Bonchev–Trinajstić information content (AvgIpc) is 2.30. The normalized spacial score (nSPS) is 20.1. The molecule has 0 bridgehead atoms. The van der Waals surface area contributed by atoms with E-state index in [0.29, 0.717) is 0 Å². The Hall–Kier alpha value is -0.470. The van der Waals surface area contributed by atoms with E-state index in [2.05, 4.69) is 30.5 Å². The van der Waals surface area contributed by atoms with Gasteiger partial charge in [0.1, 0.15) is 0 Å². The Labute approximate surface area is 96.4 Å². The van der Waals surface area contributed by atoms with E-state index in [-0.39, 0.29) is 5.54 Å². The Kier molecular flexibility index (Phi) is 3.37. The van der Waals surface area contributed by atoms with Gasteiger partial charge in [-0.2, -0.15) is 0 Å². The molecule has 1 aromatic rings. The van der Waals surface area contributed by atoms with Crippen molar-refractivity contribution in [3.05, 3.63) is 29.8 Å². The van der Waals surface area contributed by atoms with Crippen LogP contribution in [0.2, 0.25) is 0 Å². The second-order valence-corrected chi connectivity index (χ2v) is 5.27. The minimum absolute atomic E-state index is 0.0577. The standard InChI is InChI=1S/C13H19NS/c1-15-12-8-4-3-7-11(12)13(14)9-5-2-6-10-13/h3-4,7-8H,2,5-6,9-10,14H2,1H3. The van der Waals surface area contributed by atoms with Crippen LogP contribution in [-0.2, 0) is 5.54 Å². The van der Waals surface area contributed by atoms with Crippen LogP contribution in [0.5, 0.6) is 0 Å². The van der Waals surface area contributed by atoms with Crippen LogP contribution < -0.4 is 5.73 Å². The van der Waals surface area contributed by atoms with Gasteiger partial charge in [0.15, 0.2) is 0 Å². The molecule has 0 aliphatic heterocycles. The molecule has 1 fully saturated rings. The van der Waals surface area contributed by atoms with E-state index in [0.717, 1.165) is 12.8 Å². The molecule has 0 heterocycles. The van der Waals surface area contributed by atoms with Gasteiger partial charge in [0.05, 0.1) is 0 Å². The molecule has 0 unspecified atom stereocenters. The highest BCUT2D eigenvalue weighted by molar-refractivity contribution is 7.98. The Balaban J connectivity index is 2.34. The lowest BCUT2D eigenvalue weighted by Crippen LogP contribution is -2.39. The Morgan fingerprint density at radius 3 is 2.47 bits per heavy atom. The number of hydrogen-bond donors (Lipinski definition) is 1. The van der Waals surface area contributed by atoms with Crippen LogP contribution in [0.3, 0.4) is 0 Å². The number of hydrogen-bond acceptors (Lipinski definition) is 2. The molecule has 0 amide bonds. The molecule has 15 heavy (non-hydrogen) atoms. The van der Waals surface area contributed by atoms with Crippen LogP contribution in [0.15, 0.2) is 29.2 Å². The molecule has 0 saturated heterocycles. The lowest BCUT2D eigenvalue weighted by atomic mass is 9.77. The van der Waals surface area contributed by atoms with Gasteiger partial charge >= 0.3 is 0 Å². The van der Waals surface area contributed by atoms with Gasteiger partial charge < -0.3 is 5.73 Å². The number of rotatable bonds is 2. The van der Waals surface area contributed by atoms with E-state index in [4.69, 9.17) is 5.73 Å². The molecule has 0 radical (unpaired) electrons. The van der Waals surface area contributed by atoms with E-state index >= 15 is 0 Å². The fraction of sp³-hybridized carbons (Fsp3) is 0.538. The third kappa shape index (κ3) is 2.21. The summed E-state index contributed by atoms with van der Waals surface area (Å²) in [5.74, 6) is 0. The maximum Gasteiger partial charge on any atom is 0.0420 e. The summed E-state index contributed by atoms with van der Waals surface area (Å²) >= 11 is 1.81. The van der Waals surface area contributed by atoms with E-state index in [9.17, 15) is 0 Å². The number of thioether (sulfide) groups is 1. The Morgan fingerprint density at radius 1 is 1.13 bits per heavy atom. The van der Waals surface area contributed by atoms with E-state index < -0.39 is 0 Å². The second-order valence-electron chi connectivity index (χ2n) is 4.42. The third-order valence-electron chi connectivity index (χ3n) is 3.39. The van der Waals surface area contributed by atoms with Crippen molar-refractivity contribution >= 4 is 11.8 Å². The summed E-state index contributed by atoms with van der Waals surface area (Å²) in [5, 5.41) is 0. The summed E-state index contributed by atoms with van der Waals surface area (Å²) in [6, 6.07) is 8.60. The van der Waals surface area contributed by atoms with Crippen molar-refractivity contribution in [2.24, 2.45) is 5.73 Å². The summed E-state index contributed by atoms with van der Waals surface area (Å²) in [4.78, 5) is 1.35. The van der Waals surface area contributed by atoms with Crippen molar-refractivity contribution in [3.63, 3.8) is 0 Å². The summed E-state index contributed by atoms with van der Waals surface area (Å²) in [6.45, 7) is 0. The molecule has 1 saturated carbocycles. The topological polar surface area (TPSA) is 26.0 Å². The summed E-state index contributed by atoms with van der Waals surface area (Å²) in [7, 11) is 0. The molecule has 0 atom stereocenters.